The van der Waals surface area contributed by atoms with Gasteiger partial charge >= 0.3 is 0 Å². The van der Waals surface area contributed by atoms with Crippen LogP contribution in [0.15, 0.2) is 30.3 Å². The van der Waals surface area contributed by atoms with Gasteiger partial charge in [-0.1, -0.05) is 30.3 Å². The molecule has 1 saturated heterocycles. The van der Waals surface area contributed by atoms with Crippen molar-refractivity contribution in [2.24, 2.45) is 0 Å². The molecule has 1 atom stereocenters. The number of nitrogens with zero attached hydrogens (tertiary/aromatic N) is 1. The first kappa shape index (κ1) is 18.4. The van der Waals surface area contributed by atoms with Gasteiger partial charge in [-0.3, -0.25) is 9.59 Å². The molecular weight excluding hydrogens is 306 g/mol. The number of likely N-dealkylation sites (N-methyl/N-ethyl adjacent to an activating group) is 1. The van der Waals surface area contributed by atoms with E-state index in [1.165, 1.54) is 0 Å². The molecule has 2 N–H and O–H groups in total. The van der Waals surface area contributed by atoms with Gasteiger partial charge in [-0.2, -0.15) is 0 Å². The number of carbonyl (C=O) groups is 2. The first-order chi connectivity index (χ1) is 10.2. The second-order valence-corrected chi connectivity index (χ2v) is 5.03. The van der Waals surface area contributed by atoms with Crippen LogP contribution in [0.4, 0.5) is 0 Å². The number of morpholine rings is 1. The number of amides is 2. The molecule has 0 spiro atoms. The maximum atomic E-state index is 12.0. The van der Waals surface area contributed by atoms with E-state index in [4.69, 9.17) is 4.74 Å². The Kier molecular flexibility index (Phi) is 7.87. The van der Waals surface area contributed by atoms with Crippen LogP contribution in [0.1, 0.15) is 5.56 Å². The Hall–Kier alpha value is -1.63. The predicted molar refractivity (Wildman–Crippen MR) is 85.8 cm³/mol. The van der Waals surface area contributed by atoms with Crippen LogP contribution in [-0.4, -0.2) is 56.1 Å². The highest BCUT2D eigenvalue weighted by atomic mass is 35.5. The molecule has 6 nitrogen and oxygen atoms in total. The molecule has 0 bridgehead atoms. The molecule has 22 heavy (non-hydrogen) atoms. The Bertz CT molecular complexity index is 478. The average molecular weight is 328 g/mol. The molecule has 0 aromatic heterocycles. The Morgan fingerprint density at radius 2 is 2.09 bits per heavy atom. The quantitative estimate of drug-likeness (QED) is 0.809. The maximum absolute atomic E-state index is 12.0. The van der Waals surface area contributed by atoms with Gasteiger partial charge in [0, 0.05) is 20.1 Å². The van der Waals surface area contributed by atoms with Crippen molar-refractivity contribution >= 4 is 24.2 Å². The van der Waals surface area contributed by atoms with E-state index in [1.807, 2.05) is 30.3 Å². The molecule has 0 aliphatic carbocycles. The standard InChI is InChI=1S/C15H21N3O3.ClH/c1-18(10-12-5-3-2-4-6-12)14(19)9-17-15(20)13-11-21-8-7-16-13;/h2-6,13,16H,7-11H2,1H3,(H,17,20);1H. The molecule has 1 aliphatic rings. The van der Waals surface area contributed by atoms with Crippen molar-refractivity contribution in [3.05, 3.63) is 35.9 Å². The summed E-state index contributed by atoms with van der Waals surface area (Å²) >= 11 is 0. The summed E-state index contributed by atoms with van der Waals surface area (Å²) in [5.74, 6) is -0.319. The highest BCUT2D eigenvalue weighted by Crippen LogP contribution is 2.02. The van der Waals surface area contributed by atoms with Crippen LogP contribution >= 0.6 is 12.4 Å². The van der Waals surface area contributed by atoms with Gasteiger partial charge in [0.05, 0.1) is 19.8 Å². The van der Waals surface area contributed by atoms with Crippen LogP contribution in [0.3, 0.4) is 0 Å². The number of carbonyl (C=O) groups excluding carboxylic acids is 2. The monoisotopic (exact) mass is 327 g/mol. The molecule has 1 aromatic carbocycles. The first-order valence-corrected chi connectivity index (χ1v) is 7.03. The summed E-state index contributed by atoms with van der Waals surface area (Å²) in [5, 5.41) is 5.70. The summed E-state index contributed by atoms with van der Waals surface area (Å²) in [7, 11) is 1.73. The molecule has 1 fully saturated rings. The van der Waals surface area contributed by atoms with Gasteiger partial charge in [-0.05, 0) is 5.56 Å². The first-order valence-electron chi connectivity index (χ1n) is 7.03. The minimum absolute atomic E-state index is 0. The molecular formula is C15H22ClN3O3. The van der Waals surface area contributed by atoms with Crippen LogP contribution in [0.2, 0.25) is 0 Å². The number of halogens is 1. The zero-order valence-corrected chi connectivity index (χ0v) is 13.4. The Morgan fingerprint density at radius 3 is 2.73 bits per heavy atom. The zero-order chi connectivity index (χ0) is 15.1. The zero-order valence-electron chi connectivity index (χ0n) is 12.6. The highest BCUT2D eigenvalue weighted by Gasteiger charge is 2.21. The van der Waals surface area contributed by atoms with Crippen molar-refractivity contribution in [1.29, 1.82) is 0 Å². The molecule has 122 valence electrons. The largest absolute Gasteiger partial charge is 0.378 e. The third-order valence-electron chi connectivity index (χ3n) is 3.34. The van der Waals surface area contributed by atoms with Crippen molar-refractivity contribution < 1.29 is 14.3 Å². The van der Waals surface area contributed by atoms with Crippen LogP contribution in [0.25, 0.3) is 0 Å². The van der Waals surface area contributed by atoms with Gasteiger partial charge in [0.2, 0.25) is 11.8 Å². The smallest absolute Gasteiger partial charge is 0.242 e. The molecule has 1 unspecified atom stereocenters. The molecule has 2 amide bonds. The van der Waals surface area contributed by atoms with Crippen LogP contribution in [0.5, 0.6) is 0 Å². The number of nitrogens with one attached hydrogen (secondary N) is 2. The minimum atomic E-state index is -0.369. The molecule has 2 rings (SSSR count). The summed E-state index contributed by atoms with van der Waals surface area (Å²) in [5.41, 5.74) is 1.06. The maximum Gasteiger partial charge on any atom is 0.242 e. The van der Waals surface area contributed by atoms with Crippen molar-refractivity contribution in [3.8, 4) is 0 Å². The van der Waals surface area contributed by atoms with Crippen molar-refractivity contribution in [3.63, 3.8) is 0 Å². The third-order valence-corrected chi connectivity index (χ3v) is 3.34. The van der Waals surface area contributed by atoms with E-state index in [-0.39, 0.29) is 36.8 Å². The van der Waals surface area contributed by atoms with Crippen LogP contribution < -0.4 is 10.6 Å². The fourth-order valence-electron chi connectivity index (χ4n) is 2.10. The second kappa shape index (κ2) is 9.40. The van der Waals surface area contributed by atoms with Gasteiger partial charge in [0.25, 0.3) is 0 Å². The van der Waals surface area contributed by atoms with E-state index >= 15 is 0 Å². The minimum Gasteiger partial charge on any atom is -0.378 e. The van der Waals surface area contributed by atoms with Gasteiger partial charge in [-0.25, -0.2) is 0 Å². The number of hydrogen-bond donors (Lipinski definition) is 2. The predicted octanol–water partition coefficient (Wildman–Crippen LogP) is 0.171. The fraction of sp³-hybridized carbons (Fsp3) is 0.467. The molecule has 0 radical (unpaired) electrons. The van der Waals surface area contributed by atoms with Crippen molar-refractivity contribution in [2.75, 3.05) is 33.4 Å². The molecule has 7 heteroatoms. The lowest BCUT2D eigenvalue weighted by atomic mass is 10.2. The molecule has 1 aliphatic heterocycles. The summed E-state index contributed by atoms with van der Waals surface area (Å²) in [4.78, 5) is 25.5. The summed E-state index contributed by atoms with van der Waals surface area (Å²) in [6, 6.07) is 9.36. The van der Waals surface area contributed by atoms with E-state index in [0.29, 0.717) is 26.3 Å². The van der Waals surface area contributed by atoms with E-state index in [0.717, 1.165) is 5.56 Å². The fourth-order valence-corrected chi connectivity index (χ4v) is 2.10. The van der Waals surface area contributed by atoms with Crippen molar-refractivity contribution in [2.45, 2.75) is 12.6 Å². The summed E-state index contributed by atoms with van der Waals surface area (Å²) in [6.07, 6.45) is 0. The lowest BCUT2D eigenvalue weighted by Gasteiger charge is -2.23. The van der Waals surface area contributed by atoms with E-state index in [2.05, 4.69) is 10.6 Å². The van der Waals surface area contributed by atoms with E-state index in [9.17, 15) is 9.59 Å². The number of benzene rings is 1. The Labute approximate surface area is 136 Å². The normalized spacial score (nSPS) is 17.2. The molecule has 1 aromatic rings. The summed E-state index contributed by atoms with van der Waals surface area (Å²) < 4.78 is 5.22. The molecule has 0 saturated carbocycles. The SMILES string of the molecule is CN(Cc1ccccc1)C(=O)CNC(=O)C1COCCN1.Cl. The number of hydrogen-bond acceptors (Lipinski definition) is 4. The number of rotatable bonds is 5. The third kappa shape index (κ3) is 5.63. The van der Waals surface area contributed by atoms with Crippen molar-refractivity contribution in [1.82, 2.24) is 15.5 Å². The van der Waals surface area contributed by atoms with Gasteiger partial charge < -0.3 is 20.3 Å². The average Bonchev–Trinajstić information content (AvgIpc) is 2.54. The van der Waals surface area contributed by atoms with Gasteiger partial charge in [0.1, 0.15) is 6.04 Å². The lowest BCUT2D eigenvalue weighted by molar-refractivity contribution is -0.133. The Morgan fingerprint density at radius 1 is 1.36 bits per heavy atom. The van der Waals surface area contributed by atoms with E-state index in [1.54, 1.807) is 11.9 Å². The van der Waals surface area contributed by atoms with Crippen LogP contribution in [0, 0.1) is 0 Å². The highest BCUT2D eigenvalue weighted by molar-refractivity contribution is 5.87. The molecule has 1 heterocycles. The second-order valence-electron chi connectivity index (χ2n) is 5.03. The lowest BCUT2D eigenvalue weighted by Crippen LogP contribution is -2.52. The number of ether oxygens (including phenoxy) is 1. The summed E-state index contributed by atoms with van der Waals surface area (Å²) in [6.45, 7) is 2.14. The van der Waals surface area contributed by atoms with Crippen LogP contribution in [-0.2, 0) is 20.9 Å². The Balaban J connectivity index is 0.00000242. The topological polar surface area (TPSA) is 70.7 Å². The van der Waals surface area contributed by atoms with E-state index < -0.39 is 0 Å². The van der Waals surface area contributed by atoms with Gasteiger partial charge in [-0.15, -0.1) is 12.4 Å². The van der Waals surface area contributed by atoms with Gasteiger partial charge in [0.15, 0.2) is 0 Å².